The van der Waals surface area contributed by atoms with Gasteiger partial charge in [-0.25, -0.2) is 9.48 Å². The van der Waals surface area contributed by atoms with Gasteiger partial charge in [0.2, 0.25) is 11.6 Å². The molecule has 0 aliphatic carbocycles. The van der Waals surface area contributed by atoms with Crippen LogP contribution in [0.15, 0.2) is 60.7 Å². The Hall–Kier alpha value is -3.88. The number of alkyl carbamates (subject to hydrolysis) is 1. The molecule has 1 amide bonds. The van der Waals surface area contributed by atoms with Gasteiger partial charge in [-0.15, -0.1) is 5.10 Å². The SMILES string of the molecule is CCC(NC(=O)OCc1ccccc1)C(=O)Cn1nnnc1C(=O)c1ccccc1. The highest BCUT2D eigenvalue weighted by Crippen LogP contribution is 2.08. The third-order valence-corrected chi connectivity index (χ3v) is 4.38. The number of hydrogen-bond donors (Lipinski definition) is 1. The van der Waals surface area contributed by atoms with Crippen LogP contribution in [0.2, 0.25) is 0 Å². The van der Waals surface area contributed by atoms with E-state index in [4.69, 9.17) is 4.74 Å². The Bertz CT molecular complexity index is 1000. The average Bonchev–Trinajstić information content (AvgIpc) is 3.24. The number of carbonyl (C=O) groups excluding carboxylic acids is 3. The largest absolute Gasteiger partial charge is 0.445 e. The molecule has 0 saturated carbocycles. The minimum absolute atomic E-state index is 0.0453. The predicted molar refractivity (Wildman–Crippen MR) is 107 cm³/mol. The van der Waals surface area contributed by atoms with Crippen LogP contribution in [0, 0.1) is 0 Å². The smallest absolute Gasteiger partial charge is 0.408 e. The number of benzene rings is 2. The fraction of sp³-hybridized carbons (Fsp3) is 0.238. The van der Waals surface area contributed by atoms with E-state index in [9.17, 15) is 14.4 Å². The zero-order valence-corrected chi connectivity index (χ0v) is 16.4. The first kappa shape index (κ1) is 20.8. The van der Waals surface area contributed by atoms with E-state index in [1.165, 1.54) is 0 Å². The molecule has 1 heterocycles. The molecule has 1 atom stereocenters. The number of rotatable bonds is 9. The van der Waals surface area contributed by atoms with Crippen molar-refractivity contribution in [2.24, 2.45) is 0 Å². The lowest BCUT2D eigenvalue weighted by atomic mass is 10.1. The summed E-state index contributed by atoms with van der Waals surface area (Å²) in [5.74, 6) is -0.781. The molecule has 30 heavy (non-hydrogen) atoms. The van der Waals surface area contributed by atoms with Crippen LogP contribution in [-0.4, -0.2) is 43.9 Å². The number of ketones is 2. The number of ether oxygens (including phenoxy) is 1. The van der Waals surface area contributed by atoms with Crippen LogP contribution in [0.5, 0.6) is 0 Å². The average molecular weight is 407 g/mol. The maximum absolute atomic E-state index is 12.7. The zero-order valence-electron chi connectivity index (χ0n) is 16.4. The zero-order chi connectivity index (χ0) is 21.3. The summed E-state index contributed by atoms with van der Waals surface area (Å²) in [4.78, 5) is 37.3. The Balaban J connectivity index is 1.60. The van der Waals surface area contributed by atoms with Crippen molar-refractivity contribution < 1.29 is 19.1 Å². The Morgan fingerprint density at radius 1 is 1.03 bits per heavy atom. The monoisotopic (exact) mass is 407 g/mol. The molecule has 0 aliphatic heterocycles. The minimum atomic E-state index is -0.794. The number of amides is 1. The molecule has 154 valence electrons. The van der Waals surface area contributed by atoms with Crippen molar-refractivity contribution in [3.63, 3.8) is 0 Å². The number of nitrogens with one attached hydrogen (secondary N) is 1. The Morgan fingerprint density at radius 2 is 1.70 bits per heavy atom. The highest BCUT2D eigenvalue weighted by Gasteiger charge is 2.24. The number of aromatic nitrogens is 4. The van der Waals surface area contributed by atoms with Crippen molar-refractivity contribution in [1.82, 2.24) is 25.5 Å². The molecule has 0 spiro atoms. The summed E-state index contributed by atoms with van der Waals surface area (Å²) in [5, 5.41) is 13.5. The van der Waals surface area contributed by atoms with Crippen molar-refractivity contribution in [2.75, 3.05) is 0 Å². The molecule has 0 aliphatic rings. The van der Waals surface area contributed by atoms with Crippen molar-refractivity contribution in [1.29, 1.82) is 0 Å². The highest BCUT2D eigenvalue weighted by atomic mass is 16.5. The summed E-state index contributed by atoms with van der Waals surface area (Å²) in [5.41, 5.74) is 1.25. The molecule has 0 saturated heterocycles. The standard InChI is InChI=1S/C21H21N5O4/c1-2-17(22-21(29)30-14-15-9-5-3-6-10-15)18(27)13-26-20(23-24-25-26)19(28)16-11-7-4-8-12-16/h3-12,17H,2,13-14H2,1H3,(H,22,29). The second-order valence-electron chi connectivity index (χ2n) is 6.49. The van der Waals surface area contributed by atoms with Gasteiger partial charge in [0.05, 0.1) is 6.04 Å². The number of Topliss-reactive ketones (excluding diaryl/α,β-unsaturated/α-hetero) is 1. The van der Waals surface area contributed by atoms with Crippen LogP contribution in [-0.2, 0) is 22.7 Å². The molecule has 3 aromatic rings. The van der Waals surface area contributed by atoms with E-state index < -0.39 is 17.9 Å². The molecular formula is C21H21N5O4. The predicted octanol–water partition coefficient (Wildman–Crippen LogP) is 2.18. The first-order valence-electron chi connectivity index (χ1n) is 9.44. The van der Waals surface area contributed by atoms with Gasteiger partial charge in [-0.1, -0.05) is 67.6 Å². The van der Waals surface area contributed by atoms with Crippen LogP contribution in [0.25, 0.3) is 0 Å². The maximum atomic E-state index is 12.7. The lowest BCUT2D eigenvalue weighted by Crippen LogP contribution is -2.42. The third kappa shape index (κ3) is 5.34. The fourth-order valence-electron chi connectivity index (χ4n) is 2.77. The summed E-state index contributed by atoms with van der Waals surface area (Å²) in [6, 6.07) is 16.9. The highest BCUT2D eigenvalue weighted by molar-refractivity contribution is 6.06. The summed E-state index contributed by atoms with van der Waals surface area (Å²) in [6.45, 7) is 1.61. The van der Waals surface area contributed by atoms with E-state index in [-0.39, 0.29) is 24.8 Å². The van der Waals surface area contributed by atoms with Gasteiger partial charge >= 0.3 is 6.09 Å². The molecule has 9 heteroatoms. The van der Waals surface area contributed by atoms with Gasteiger partial charge in [0.1, 0.15) is 13.2 Å². The Kier molecular flexibility index (Phi) is 6.99. The van der Waals surface area contributed by atoms with Gasteiger partial charge in [0.15, 0.2) is 5.78 Å². The molecule has 0 fully saturated rings. The van der Waals surface area contributed by atoms with Gasteiger partial charge in [-0.3, -0.25) is 9.59 Å². The van der Waals surface area contributed by atoms with Gasteiger partial charge in [0.25, 0.3) is 0 Å². The molecule has 0 radical (unpaired) electrons. The van der Waals surface area contributed by atoms with Gasteiger partial charge in [0, 0.05) is 5.56 Å². The molecule has 2 aromatic carbocycles. The molecule has 1 N–H and O–H groups in total. The molecule has 0 bridgehead atoms. The van der Waals surface area contributed by atoms with E-state index in [1.54, 1.807) is 37.3 Å². The summed E-state index contributed by atoms with van der Waals surface area (Å²) >= 11 is 0. The van der Waals surface area contributed by atoms with E-state index >= 15 is 0 Å². The number of nitrogens with zero attached hydrogens (tertiary/aromatic N) is 4. The van der Waals surface area contributed by atoms with Crippen LogP contribution in [0.4, 0.5) is 4.79 Å². The van der Waals surface area contributed by atoms with Crippen LogP contribution in [0.1, 0.15) is 35.1 Å². The van der Waals surface area contributed by atoms with Crippen molar-refractivity contribution in [3.05, 3.63) is 77.6 Å². The van der Waals surface area contributed by atoms with E-state index in [0.717, 1.165) is 10.2 Å². The van der Waals surface area contributed by atoms with E-state index in [2.05, 4.69) is 20.8 Å². The van der Waals surface area contributed by atoms with E-state index in [1.807, 2.05) is 30.3 Å². The first-order chi connectivity index (χ1) is 14.6. The lowest BCUT2D eigenvalue weighted by molar-refractivity contribution is -0.121. The number of carbonyl (C=O) groups is 3. The normalized spacial score (nSPS) is 11.5. The topological polar surface area (TPSA) is 116 Å². The molecule has 3 rings (SSSR count). The first-order valence-corrected chi connectivity index (χ1v) is 9.44. The fourth-order valence-corrected chi connectivity index (χ4v) is 2.77. The molecule has 1 aromatic heterocycles. The van der Waals surface area contributed by atoms with Gasteiger partial charge in [-0.2, -0.15) is 0 Å². The number of tetrazole rings is 1. The summed E-state index contributed by atoms with van der Waals surface area (Å²) in [7, 11) is 0. The van der Waals surface area contributed by atoms with Crippen LogP contribution in [0.3, 0.4) is 0 Å². The quantitative estimate of drug-likeness (QED) is 0.540. The van der Waals surface area contributed by atoms with E-state index in [0.29, 0.717) is 12.0 Å². The van der Waals surface area contributed by atoms with Gasteiger partial charge in [-0.05, 0) is 22.4 Å². The van der Waals surface area contributed by atoms with Crippen LogP contribution < -0.4 is 5.32 Å². The summed E-state index contributed by atoms with van der Waals surface area (Å²) < 4.78 is 6.30. The van der Waals surface area contributed by atoms with Gasteiger partial charge < -0.3 is 10.1 Å². The second kappa shape index (κ2) is 10.1. The number of hydrogen-bond acceptors (Lipinski definition) is 7. The minimum Gasteiger partial charge on any atom is -0.445 e. The third-order valence-electron chi connectivity index (χ3n) is 4.38. The van der Waals surface area contributed by atoms with Crippen LogP contribution >= 0.6 is 0 Å². The molecule has 1 unspecified atom stereocenters. The Labute approximate surface area is 173 Å². The lowest BCUT2D eigenvalue weighted by Gasteiger charge is -2.16. The molecule has 9 nitrogen and oxygen atoms in total. The molecular weight excluding hydrogens is 386 g/mol. The van der Waals surface area contributed by atoms with Crippen molar-refractivity contribution in [3.8, 4) is 0 Å². The maximum Gasteiger partial charge on any atom is 0.408 e. The second-order valence-corrected chi connectivity index (χ2v) is 6.49. The Morgan fingerprint density at radius 3 is 2.37 bits per heavy atom. The van der Waals surface area contributed by atoms with Crippen molar-refractivity contribution >= 4 is 17.7 Å². The van der Waals surface area contributed by atoms with Crippen molar-refractivity contribution in [2.45, 2.75) is 32.5 Å². The summed E-state index contributed by atoms with van der Waals surface area (Å²) in [6.07, 6.45) is -0.347.